The van der Waals surface area contributed by atoms with E-state index < -0.39 is 0 Å². The van der Waals surface area contributed by atoms with Crippen molar-refractivity contribution in [3.63, 3.8) is 0 Å². The number of methoxy groups -OCH3 is 2. The number of para-hydroxylation sites is 1. The highest BCUT2D eigenvalue weighted by Crippen LogP contribution is 2.32. The van der Waals surface area contributed by atoms with Crippen LogP contribution in [0, 0.1) is 5.92 Å². The predicted molar refractivity (Wildman–Crippen MR) is 104 cm³/mol. The third kappa shape index (κ3) is 4.98. The molecule has 6 heteroatoms. The average molecular weight is 369 g/mol. The second kappa shape index (κ2) is 9.37. The van der Waals surface area contributed by atoms with Crippen LogP contribution in [0.4, 0.5) is 0 Å². The van der Waals surface area contributed by atoms with Crippen LogP contribution in [-0.2, 0) is 17.9 Å². The maximum Gasteiger partial charge on any atom is 0.223 e. The van der Waals surface area contributed by atoms with E-state index in [0.717, 1.165) is 55.1 Å². The van der Waals surface area contributed by atoms with Crippen molar-refractivity contribution in [2.24, 2.45) is 5.92 Å². The van der Waals surface area contributed by atoms with E-state index in [4.69, 9.17) is 9.47 Å². The van der Waals surface area contributed by atoms with E-state index in [1.807, 2.05) is 24.3 Å². The standard InChI is InChI=1S/C21H27N3O3/c1-26-19-7-3-6-18(20(19)27-2)15-24-11-8-17(9-12-24)21(25)23-14-16-5-4-10-22-13-16/h3-7,10,13,17H,8-9,11-12,14-15H2,1-2H3,(H,23,25). The van der Waals surface area contributed by atoms with E-state index >= 15 is 0 Å². The van der Waals surface area contributed by atoms with Crippen molar-refractivity contribution < 1.29 is 14.3 Å². The molecule has 1 saturated heterocycles. The first-order valence-electron chi connectivity index (χ1n) is 9.30. The number of hydrogen-bond acceptors (Lipinski definition) is 5. The lowest BCUT2D eigenvalue weighted by Gasteiger charge is -2.31. The van der Waals surface area contributed by atoms with Crippen molar-refractivity contribution in [2.45, 2.75) is 25.9 Å². The molecule has 0 bridgehead atoms. The summed E-state index contributed by atoms with van der Waals surface area (Å²) in [6, 6.07) is 9.80. The molecule has 1 aromatic heterocycles. The van der Waals surface area contributed by atoms with E-state index in [-0.39, 0.29) is 11.8 Å². The Labute approximate surface area is 160 Å². The second-order valence-corrected chi connectivity index (χ2v) is 6.78. The summed E-state index contributed by atoms with van der Waals surface area (Å²) in [5, 5.41) is 3.03. The van der Waals surface area contributed by atoms with Gasteiger partial charge >= 0.3 is 0 Å². The number of amides is 1. The molecule has 1 amide bonds. The minimum absolute atomic E-state index is 0.0742. The summed E-state index contributed by atoms with van der Waals surface area (Å²) in [7, 11) is 3.32. The molecular weight excluding hydrogens is 342 g/mol. The number of pyridine rings is 1. The zero-order valence-electron chi connectivity index (χ0n) is 16.0. The lowest BCUT2D eigenvalue weighted by molar-refractivity contribution is -0.126. The lowest BCUT2D eigenvalue weighted by atomic mass is 9.95. The van der Waals surface area contributed by atoms with Gasteiger partial charge < -0.3 is 14.8 Å². The summed E-state index contributed by atoms with van der Waals surface area (Å²) in [6.45, 7) is 3.12. The molecule has 27 heavy (non-hydrogen) atoms. The molecule has 0 radical (unpaired) electrons. The van der Waals surface area contributed by atoms with E-state index in [1.165, 1.54) is 0 Å². The molecule has 0 spiro atoms. The first kappa shape index (κ1) is 19.2. The maximum absolute atomic E-state index is 12.4. The number of benzene rings is 1. The normalized spacial score (nSPS) is 15.3. The molecule has 1 N–H and O–H groups in total. The van der Waals surface area contributed by atoms with Gasteiger partial charge in [0.2, 0.25) is 5.91 Å². The Kier molecular flexibility index (Phi) is 6.65. The number of hydrogen-bond donors (Lipinski definition) is 1. The Morgan fingerprint density at radius 3 is 2.67 bits per heavy atom. The fourth-order valence-electron chi connectivity index (χ4n) is 3.51. The third-order valence-electron chi connectivity index (χ3n) is 5.03. The molecule has 0 saturated carbocycles. The van der Waals surface area contributed by atoms with Crippen molar-refractivity contribution in [2.75, 3.05) is 27.3 Å². The number of rotatable bonds is 7. The quantitative estimate of drug-likeness (QED) is 0.813. The average Bonchev–Trinajstić information content (AvgIpc) is 2.73. The van der Waals surface area contributed by atoms with Gasteiger partial charge in [0.1, 0.15) is 0 Å². The maximum atomic E-state index is 12.4. The largest absolute Gasteiger partial charge is 0.493 e. The van der Waals surface area contributed by atoms with Crippen LogP contribution in [0.1, 0.15) is 24.0 Å². The van der Waals surface area contributed by atoms with Crippen molar-refractivity contribution in [3.05, 3.63) is 53.9 Å². The molecule has 2 heterocycles. The summed E-state index contributed by atoms with van der Waals surface area (Å²) in [4.78, 5) is 18.9. The Morgan fingerprint density at radius 2 is 2.00 bits per heavy atom. The van der Waals surface area contributed by atoms with Crippen LogP contribution in [-0.4, -0.2) is 43.1 Å². The van der Waals surface area contributed by atoms with Crippen LogP contribution in [0.3, 0.4) is 0 Å². The number of carbonyl (C=O) groups excluding carboxylic acids is 1. The van der Waals surface area contributed by atoms with Gasteiger partial charge in [0.15, 0.2) is 11.5 Å². The lowest BCUT2D eigenvalue weighted by Crippen LogP contribution is -2.40. The van der Waals surface area contributed by atoms with E-state index in [9.17, 15) is 4.79 Å². The number of likely N-dealkylation sites (tertiary alicyclic amines) is 1. The summed E-state index contributed by atoms with van der Waals surface area (Å²) >= 11 is 0. The van der Waals surface area contributed by atoms with Gasteiger partial charge in [0.05, 0.1) is 14.2 Å². The van der Waals surface area contributed by atoms with E-state index in [2.05, 4.69) is 21.3 Å². The van der Waals surface area contributed by atoms with Gasteiger partial charge in [-0.2, -0.15) is 0 Å². The van der Waals surface area contributed by atoms with Crippen LogP contribution in [0.15, 0.2) is 42.7 Å². The van der Waals surface area contributed by atoms with Gasteiger partial charge in [-0.05, 0) is 43.6 Å². The fourth-order valence-corrected chi connectivity index (χ4v) is 3.51. The van der Waals surface area contributed by atoms with Gasteiger partial charge in [-0.15, -0.1) is 0 Å². The third-order valence-corrected chi connectivity index (χ3v) is 5.03. The van der Waals surface area contributed by atoms with Gasteiger partial charge in [-0.25, -0.2) is 0 Å². The van der Waals surface area contributed by atoms with Gasteiger partial charge in [-0.1, -0.05) is 18.2 Å². The summed E-state index contributed by atoms with van der Waals surface area (Å²) in [5.41, 5.74) is 2.13. The van der Waals surface area contributed by atoms with Gasteiger partial charge in [0.25, 0.3) is 0 Å². The molecule has 0 aliphatic carbocycles. The summed E-state index contributed by atoms with van der Waals surface area (Å²) < 4.78 is 10.9. The zero-order valence-corrected chi connectivity index (χ0v) is 16.0. The van der Waals surface area contributed by atoms with E-state index in [1.54, 1.807) is 26.6 Å². The van der Waals surface area contributed by atoms with Gasteiger partial charge in [0, 0.05) is 37.0 Å². The highest BCUT2D eigenvalue weighted by atomic mass is 16.5. The van der Waals surface area contributed by atoms with E-state index in [0.29, 0.717) is 6.54 Å². The van der Waals surface area contributed by atoms with Crippen molar-refractivity contribution in [3.8, 4) is 11.5 Å². The molecule has 1 fully saturated rings. The first-order valence-corrected chi connectivity index (χ1v) is 9.30. The number of piperidine rings is 1. The molecule has 0 unspecified atom stereocenters. The molecule has 144 valence electrons. The number of ether oxygens (including phenoxy) is 2. The Balaban J connectivity index is 1.50. The number of nitrogens with one attached hydrogen (secondary N) is 1. The highest BCUT2D eigenvalue weighted by molar-refractivity contribution is 5.78. The molecule has 3 rings (SSSR count). The Morgan fingerprint density at radius 1 is 1.19 bits per heavy atom. The molecule has 0 atom stereocenters. The summed E-state index contributed by atoms with van der Waals surface area (Å²) in [6.07, 6.45) is 5.25. The number of aromatic nitrogens is 1. The van der Waals surface area contributed by atoms with Crippen molar-refractivity contribution in [1.29, 1.82) is 0 Å². The molecule has 1 aliphatic rings. The first-order chi connectivity index (χ1) is 13.2. The highest BCUT2D eigenvalue weighted by Gasteiger charge is 2.25. The summed E-state index contributed by atoms with van der Waals surface area (Å²) in [5.74, 6) is 1.75. The number of nitrogens with zero attached hydrogens (tertiary/aromatic N) is 2. The Hall–Kier alpha value is -2.60. The topological polar surface area (TPSA) is 63.7 Å². The molecule has 2 aromatic rings. The second-order valence-electron chi connectivity index (χ2n) is 6.78. The van der Waals surface area contributed by atoms with Crippen LogP contribution in [0.2, 0.25) is 0 Å². The van der Waals surface area contributed by atoms with Crippen LogP contribution in [0.5, 0.6) is 11.5 Å². The van der Waals surface area contributed by atoms with Crippen LogP contribution >= 0.6 is 0 Å². The minimum Gasteiger partial charge on any atom is -0.493 e. The van der Waals surface area contributed by atoms with Crippen molar-refractivity contribution >= 4 is 5.91 Å². The van der Waals surface area contributed by atoms with Gasteiger partial charge in [-0.3, -0.25) is 14.7 Å². The minimum atomic E-state index is 0.0742. The monoisotopic (exact) mass is 369 g/mol. The predicted octanol–water partition coefficient (Wildman–Crippen LogP) is 2.63. The van der Waals surface area contributed by atoms with Crippen LogP contribution in [0.25, 0.3) is 0 Å². The van der Waals surface area contributed by atoms with Crippen LogP contribution < -0.4 is 14.8 Å². The fraction of sp³-hybridized carbons (Fsp3) is 0.429. The van der Waals surface area contributed by atoms with Crippen molar-refractivity contribution in [1.82, 2.24) is 15.2 Å². The molecule has 1 aromatic carbocycles. The molecule has 6 nitrogen and oxygen atoms in total. The zero-order chi connectivity index (χ0) is 19.1. The Bertz CT molecular complexity index is 744. The SMILES string of the molecule is COc1cccc(CN2CCC(C(=O)NCc3cccnc3)CC2)c1OC. The molecular formula is C21H27N3O3. The molecule has 1 aliphatic heterocycles. The smallest absolute Gasteiger partial charge is 0.223 e. The number of carbonyl (C=O) groups is 1.